The number of likely N-dealkylation sites (N-methyl/N-ethyl adjacent to an activating group) is 1. The SMILES string of the molecule is COC1CNC(C(=O)N(C)CCCCc2ccccc2)C1. The third-order valence-electron chi connectivity index (χ3n) is 4.15. The largest absolute Gasteiger partial charge is 0.380 e. The van der Waals surface area contributed by atoms with E-state index in [4.69, 9.17) is 4.74 Å². The predicted octanol–water partition coefficient (Wildman–Crippen LogP) is 1.84. The van der Waals surface area contributed by atoms with Gasteiger partial charge in [-0.1, -0.05) is 30.3 Å². The van der Waals surface area contributed by atoms with E-state index in [1.807, 2.05) is 18.0 Å². The maximum atomic E-state index is 12.3. The van der Waals surface area contributed by atoms with E-state index in [1.165, 1.54) is 5.56 Å². The number of carbonyl (C=O) groups excluding carboxylic acids is 1. The smallest absolute Gasteiger partial charge is 0.239 e. The van der Waals surface area contributed by atoms with E-state index in [2.05, 4.69) is 29.6 Å². The van der Waals surface area contributed by atoms with Crippen LogP contribution in [0.3, 0.4) is 0 Å². The first-order chi connectivity index (χ1) is 10.2. The Labute approximate surface area is 127 Å². The van der Waals surface area contributed by atoms with Gasteiger partial charge in [-0.05, 0) is 31.2 Å². The van der Waals surface area contributed by atoms with Gasteiger partial charge >= 0.3 is 0 Å². The Morgan fingerprint density at radius 1 is 1.33 bits per heavy atom. The highest BCUT2D eigenvalue weighted by Gasteiger charge is 2.30. The molecule has 0 aromatic heterocycles. The monoisotopic (exact) mass is 290 g/mol. The fourth-order valence-electron chi connectivity index (χ4n) is 2.77. The summed E-state index contributed by atoms with van der Waals surface area (Å²) in [7, 11) is 3.60. The lowest BCUT2D eigenvalue weighted by Crippen LogP contribution is -2.41. The van der Waals surface area contributed by atoms with Crippen molar-refractivity contribution in [3.05, 3.63) is 35.9 Å². The van der Waals surface area contributed by atoms with Crippen molar-refractivity contribution in [3.8, 4) is 0 Å². The number of methoxy groups -OCH3 is 1. The average Bonchev–Trinajstić information content (AvgIpc) is 3.00. The highest BCUT2D eigenvalue weighted by atomic mass is 16.5. The number of aryl methyl sites for hydroxylation is 1. The van der Waals surface area contributed by atoms with Gasteiger partial charge in [-0.25, -0.2) is 0 Å². The molecular weight excluding hydrogens is 264 g/mol. The summed E-state index contributed by atoms with van der Waals surface area (Å²) in [5.41, 5.74) is 1.37. The molecule has 1 heterocycles. The van der Waals surface area contributed by atoms with Crippen LogP contribution in [0.5, 0.6) is 0 Å². The minimum absolute atomic E-state index is 0.0749. The number of hydrogen-bond donors (Lipinski definition) is 1. The van der Waals surface area contributed by atoms with Crippen molar-refractivity contribution >= 4 is 5.91 Å². The van der Waals surface area contributed by atoms with Crippen LogP contribution in [0, 0.1) is 0 Å². The van der Waals surface area contributed by atoms with Crippen LogP contribution in [-0.2, 0) is 16.0 Å². The Balaban J connectivity index is 1.65. The van der Waals surface area contributed by atoms with Crippen LogP contribution in [-0.4, -0.2) is 50.2 Å². The minimum Gasteiger partial charge on any atom is -0.380 e. The molecule has 0 spiro atoms. The summed E-state index contributed by atoms with van der Waals surface area (Å²) in [6, 6.07) is 10.4. The zero-order chi connectivity index (χ0) is 15.1. The number of hydrogen-bond acceptors (Lipinski definition) is 3. The van der Waals surface area contributed by atoms with Crippen LogP contribution in [0.1, 0.15) is 24.8 Å². The second kappa shape index (κ2) is 8.15. The molecule has 2 unspecified atom stereocenters. The zero-order valence-electron chi connectivity index (χ0n) is 13.0. The second-order valence-corrected chi connectivity index (χ2v) is 5.76. The number of carbonyl (C=O) groups is 1. The first-order valence-electron chi connectivity index (χ1n) is 7.76. The summed E-state index contributed by atoms with van der Waals surface area (Å²) in [4.78, 5) is 14.1. The van der Waals surface area contributed by atoms with Gasteiger partial charge in [-0.2, -0.15) is 0 Å². The Morgan fingerprint density at radius 2 is 2.10 bits per heavy atom. The fraction of sp³-hybridized carbons (Fsp3) is 0.588. The van der Waals surface area contributed by atoms with E-state index >= 15 is 0 Å². The van der Waals surface area contributed by atoms with Crippen molar-refractivity contribution < 1.29 is 9.53 Å². The number of nitrogens with one attached hydrogen (secondary N) is 1. The molecule has 1 amide bonds. The number of benzene rings is 1. The van der Waals surface area contributed by atoms with Crippen molar-refractivity contribution in [2.24, 2.45) is 0 Å². The highest BCUT2D eigenvalue weighted by molar-refractivity contribution is 5.82. The lowest BCUT2D eigenvalue weighted by atomic mass is 10.1. The molecule has 4 nitrogen and oxygen atoms in total. The van der Waals surface area contributed by atoms with Gasteiger partial charge in [0.1, 0.15) is 0 Å². The number of nitrogens with zero attached hydrogens (tertiary/aromatic N) is 1. The maximum absolute atomic E-state index is 12.3. The number of rotatable bonds is 7. The van der Waals surface area contributed by atoms with Crippen LogP contribution < -0.4 is 5.32 Å². The minimum atomic E-state index is -0.0749. The van der Waals surface area contributed by atoms with E-state index < -0.39 is 0 Å². The summed E-state index contributed by atoms with van der Waals surface area (Å²) in [6.07, 6.45) is 4.18. The van der Waals surface area contributed by atoms with Gasteiger partial charge in [0.25, 0.3) is 0 Å². The van der Waals surface area contributed by atoms with Gasteiger partial charge in [0.2, 0.25) is 5.91 Å². The van der Waals surface area contributed by atoms with Gasteiger partial charge in [0.05, 0.1) is 12.1 Å². The zero-order valence-corrected chi connectivity index (χ0v) is 13.0. The number of unbranched alkanes of at least 4 members (excludes halogenated alkanes) is 1. The molecule has 1 aliphatic rings. The van der Waals surface area contributed by atoms with E-state index in [9.17, 15) is 4.79 Å². The molecule has 116 valence electrons. The van der Waals surface area contributed by atoms with Crippen molar-refractivity contribution in [3.63, 3.8) is 0 Å². The van der Waals surface area contributed by atoms with Gasteiger partial charge in [0, 0.05) is 27.2 Å². The molecule has 2 rings (SSSR count). The summed E-state index contributed by atoms with van der Waals surface area (Å²) in [6.45, 7) is 1.59. The molecule has 2 atom stereocenters. The van der Waals surface area contributed by atoms with E-state index in [1.54, 1.807) is 7.11 Å². The van der Waals surface area contributed by atoms with E-state index in [0.717, 1.165) is 38.8 Å². The van der Waals surface area contributed by atoms with Crippen molar-refractivity contribution in [2.75, 3.05) is 27.2 Å². The molecule has 1 N–H and O–H groups in total. The molecule has 1 fully saturated rings. The topological polar surface area (TPSA) is 41.6 Å². The normalized spacial score (nSPS) is 21.4. The number of amides is 1. The lowest BCUT2D eigenvalue weighted by Gasteiger charge is -2.21. The Bertz CT molecular complexity index is 436. The quantitative estimate of drug-likeness (QED) is 0.779. The lowest BCUT2D eigenvalue weighted by molar-refractivity contribution is -0.132. The van der Waals surface area contributed by atoms with Crippen molar-refractivity contribution in [1.29, 1.82) is 0 Å². The van der Waals surface area contributed by atoms with Crippen LogP contribution in [0.2, 0.25) is 0 Å². The molecular formula is C17H26N2O2. The third-order valence-corrected chi connectivity index (χ3v) is 4.15. The standard InChI is InChI=1S/C17H26N2O2/c1-19(17(20)16-12-15(21-2)13-18-16)11-7-6-10-14-8-4-3-5-9-14/h3-5,8-9,15-16,18H,6-7,10-13H2,1-2H3. The second-order valence-electron chi connectivity index (χ2n) is 5.76. The first-order valence-corrected chi connectivity index (χ1v) is 7.76. The molecule has 1 aromatic rings. The van der Waals surface area contributed by atoms with E-state index in [-0.39, 0.29) is 18.1 Å². The summed E-state index contributed by atoms with van der Waals surface area (Å²) >= 11 is 0. The third kappa shape index (κ3) is 4.83. The molecule has 0 bridgehead atoms. The first kappa shape index (κ1) is 16.0. The molecule has 1 saturated heterocycles. The van der Waals surface area contributed by atoms with Gasteiger partial charge < -0.3 is 15.0 Å². The summed E-state index contributed by atoms with van der Waals surface area (Å²) in [5, 5.41) is 3.24. The van der Waals surface area contributed by atoms with Crippen molar-refractivity contribution in [1.82, 2.24) is 10.2 Å². The molecule has 21 heavy (non-hydrogen) atoms. The Hall–Kier alpha value is -1.39. The van der Waals surface area contributed by atoms with Gasteiger partial charge in [-0.3, -0.25) is 4.79 Å². The molecule has 4 heteroatoms. The van der Waals surface area contributed by atoms with Crippen LogP contribution in [0.4, 0.5) is 0 Å². The van der Waals surface area contributed by atoms with Crippen LogP contribution in [0.25, 0.3) is 0 Å². The van der Waals surface area contributed by atoms with Crippen LogP contribution in [0.15, 0.2) is 30.3 Å². The number of ether oxygens (including phenoxy) is 1. The molecule has 1 aliphatic heterocycles. The molecule has 0 saturated carbocycles. The molecule has 0 radical (unpaired) electrons. The summed E-state index contributed by atoms with van der Waals surface area (Å²) < 4.78 is 5.29. The average molecular weight is 290 g/mol. The Morgan fingerprint density at radius 3 is 2.76 bits per heavy atom. The highest BCUT2D eigenvalue weighted by Crippen LogP contribution is 2.12. The fourth-order valence-corrected chi connectivity index (χ4v) is 2.77. The predicted molar refractivity (Wildman–Crippen MR) is 84.2 cm³/mol. The van der Waals surface area contributed by atoms with Crippen molar-refractivity contribution in [2.45, 2.75) is 37.8 Å². The molecule has 1 aromatic carbocycles. The Kier molecular flexibility index (Phi) is 6.21. The molecule has 0 aliphatic carbocycles. The van der Waals surface area contributed by atoms with Gasteiger partial charge in [-0.15, -0.1) is 0 Å². The van der Waals surface area contributed by atoms with E-state index in [0.29, 0.717) is 0 Å². The van der Waals surface area contributed by atoms with Gasteiger partial charge in [0.15, 0.2) is 0 Å². The van der Waals surface area contributed by atoms with Crippen LogP contribution >= 0.6 is 0 Å². The maximum Gasteiger partial charge on any atom is 0.239 e. The summed E-state index contributed by atoms with van der Waals surface area (Å²) in [5.74, 6) is 0.189.